The summed E-state index contributed by atoms with van der Waals surface area (Å²) in [6.07, 6.45) is 2.77. The van der Waals surface area contributed by atoms with Crippen LogP contribution < -0.4 is 10.1 Å². The summed E-state index contributed by atoms with van der Waals surface area (Å²) in [5.41, 5.74) is 1.70. The molecule has 0 unspecified atom stereocenters. The number of carbonyl (C=O) groups is 1. The first-order valence-corrected chi connectivity index (χ1v) is 10.9. The van der Waals surface area contributed by atoms with Crippen molar-refractivity contribution >= 4 is 21.6 Å². The Morgan fingerprint density at radius 2 is 1.83 bits per heavy atom. The highest BCUT2D eigenvalue weighted by atomic mass is 32.2. The molecule has 1 heterocycles. The Balaban J connectivity index is 1.67. The lowest BCUT2D eigenvalue weighted by molar-refractivity contribution is -0.118. The molecule has 1 amide bonds. The fourth-order valence-electron chi connectivity index (χ4n) is 3.11. The number of anilines is 1. The molecular formula is C21H23N3O4S. The summed E-state index contributed by atoms with van der Waals surface area (Å²) in [5.74, 6) is 0.0716. The van der Waals surface area contributed by atoms with E-state index in [9.17, 15) is 13.2 Å². The first-order valence-electron chi connectivity index (χ1n) is 9.44. The smallest absolute Gasteiger partial charge is 0.262 e. The monoisotopic (exact) mass is 413 g/mol. The Morgan fingerprint density at radius 1 is 1.14 bits per heavy atom. The number of rotatable bonds is 6. The number of benzene rings is 2. The highest BCUT2D eigenvalue weighted by Crippen LogP contribution is 2.25. The van der Waals surface area contributed by atoms with Gasteiger partial charge in [0.1, 0.15) is 5.75 Å². The lowest BCUT2D eigenvalue weighted by Crippen LogP contribution is -2.35. The highest BCUT2D eigenvalue weighted by molar-refractivity contribution is 7.89. The second-order valence-corrected chi connectivity index (χ2v) is 8.85. The number of ether oxygens (including phenoxy) is 1. The lowest BCUT2D eigenvalue weighted by atomic mass is 10.2. The van der Waals surface area contributed by atoms with Crippen molar-refractivity contribution < 1.29 is 17.9 Å². The molecule has 152 valence electrons. The van der Waals surface area contributed by atoms with Crippen LogP contribution in [-0.2, 0) is 14.8 Å². The first kappa shape index (κ1) is 20.8. The lowest BCUT2D eigenvalue weighted by Gasteiger charge is -2.26. The molecule has 29 heavy (non-hydrogen) atoms. The van der Waals surface area contributed by atoms with Gasteiger partial charge in [0.15, 0.2) is 6.61 Å². The SMILES string of the molecule is Cc1ccc(S(=O)(=O)N2CCCCC2)cc1NC(=O)COc1ccc(C#N)cc1. The fraction of sp³-hybridized carbons (Fsp3) is 0.333. The summed E-state index contributed by atoms with van der Waals surface area (Å²) in [5, 5.41) is 11.5. The average Bonchev–Trinajstić information content (AvgIpc) is 2.74. The molecule has 2 aromatic carbocycles. The Labute approximate surface area is 171 Å². The minimum atomic E-state index is -3.57. The van der Waals surface area contributed by atoms with Crippen molar-refractivity contribution in [3.8, 4) is 11.8 Å². The molecule has 0 saturated carbocycles. The Kier molecular flexibility index (Phi) is 6.52. The van der Waals surface area contributed by atoms with E-state index in [0.717, 1.165) is 24.8 Å². The van der Waals surface area contributed by atoms with E-state index in [1.54, 1.807) is 43.3 Å². The van der Waals surface area contributed by atoms with Crippen LogP contribution in [0.2, 0.25) is 0 Å². The highest BCUT2D eigenvalue weighted by Gasteiger charge is 2.26. The van der Waals surface area contributed by atoms with Gasteiger partial charge in [0.2, 0.25) is 10.0 Å². The van der Waals surface area contributed by atoms with Crippen molar-refractivity contribution in [3.63, 3.8) is 0 Å². The maximum atomic E-state index is 12.9. The van der Waals surface area contributed by atoms with Gasteiger partial charge in [-0.25, -0.2) is 8.42 Å². The molecule has 2 aromatic rings. The van der Waals surface area contributed by atoms with E-state index in [4.69, 9.17) is 10.00 Å². The number of piperidine rings is 1. The number of nitriles is 1. The molecule has 0 spiro atoms. The molecule has 1 aliphatic rings. The normalized spacial score (nSPS) is 14.8. The minimum Gasteiger partial charge on any atom is -0.484 e. The largest absolute Gasteiger partial charge is 0.484 e. The topological polar surface area (TPSA) is 99.5 Å². The second kappa shape index (κ2) is 9.07. The van der Waals surface area contributed by atoms with E-state index in [0.29, 0.717) is 30.1 Å². The number of nitrogens with zero attached hydrogens (tertiary/aromatic N) is 2. The number of hydrogen-bond donors (Lipinski definition) is 1. The number of hydrogen-bond acceptors (Lipinski definition) is 5. The molecule has 8 heteroatoms. The van der Waals surface area contributed by atoms with Crippen LogP contribution in [0.25, 0.3) is 0 Å². The van der Waals surface area contributed by atoms with E-state index in [-0.39, 0.29) is 11.5 Å². The van der Waals surface area contributed by atoms with Crippen LogP contribution in [0.5, 0.6) is 5.75 Å². The van der Waals surface area contributed by atoms with Crippen LogP contribution in [0.3, 0.4) is 0 Å². The Bertz CT molecular complexity index is 1020. The van der Waals surface area contributed by atoms with Gasteiger partial charge in [-0.2, -0.15) is 9.57 Å². The van der Waals surface area contributed by atoms with E-state index >= 15 is 0 Å². The molecule has 0 bridgehead atoms. The van der Waals surface area contributed by atoms with Gasteiger partial charge in [-0.1, -0.05) is 12.5 Å². The summed E-state index contributed by atoms with van der Waals surface area (Å²) >= 11 is 0. The maximum absolute atomic E-state index is 12.9. The fourth-order valence-corrected chi connectivity index (χ4v) is 4.66. The van der Waals surface area contributed by atoms with Crippen LogP contribution in [0, 0.1) is 18.3 Å². The maximum Gasteiger partial charge on any atom is 0.262 e. The third-order valence-electron chi connectivity index (χ3n) is 4.79. The predicted octanol–water partition coefficient (Wildman–Crippen LogP) is 3.06. The standard InChI is InChI=1S/C21H23N3O4S/c1-16-5-10-19(29(26,27)24-11-3-2-4-12-24)13-20(16)23-21(25)15-28-18-8-6-17(14-22)7-9-18/h5-10,13H,2-4,11-12,15H2,1H3,(H,23,25). The van der Waals surface area contributed by atoms with Gasteiger partial charge >= 0.3 is 0 Å². The van der Waals surface area contributed by atoms with Gasteiger partial charge in [0.25, 0.3) is 5.91 Å². The van der Waals surface area contributed by atoms with Crippen LogP contribution >= 0.6 is 0 Å². The van der Waals surface area contributed by atoms with Gasteiger partial charge in [-0.05, 0) is 61.7 Å². The van der Waals surface area contributed by atoms with Gasteiger partial charge in [0, 0.05) is 18.8 Å². The van der Waals surface area contributed by atoms with Crippen molar-refractivity contribution in [2.45, 2.75) is 31.1 Å². The van der Waals surface area contributed by atoms with Gasteiger partial charge in [0.05, 0.1) is 16.5 Å². The van der Waals surface area contributed by atoms with Crippen molar-refractivity contribution in [1.29, 1.82) is 5.26 Å². The zero-order valence-corrected chi connectivity index (χ0v) is 17.0. The van der Waals surface area contributed by atoms with Crippen LogP contribution in [0.15, 0.2) is 47.4 Å². The van der Waals surface area contributed by atoms with Crippen LogP contribution in [0.4, 0.5) is 5.69 Å². The van der Waals surface area contributed by atoms with Crippen molar-refractivity contribution in [3.05, 3.63) is 53.6 Å². The Morgan fingerprint density at radius 3 is 2.48 bits per heavy atom. The van der Waals surface area contributed by atoms with Gasteiger partial charge < -0.3 is 10.1 Å². The zero-order chi connectivity index (χ0) is 20.9. The van der Waals surface area contributed by atoms with E-state index < -0.39 is 15.9 Å². The molecule has 7 nitrogen and oxygen atoms in total. The molecule has 1 saturated heterocycles. The molecule has 1 N–H and O–H groups in total. The summed E-state index contributed by atoms with van der Waals surface area (Å²) in [6, 6.07) is 13.2. The van der Waals surface area contributed by atoms with E-state index in [2.05, 4.69) is 5.32 Å². The van der Waals surface area contributed by atoms with Crippen molar-refractivity contribution in [1.82, 2.24) is 4.31 Å². The van der Waals surface area contributed by atoms with Gasteiger partial charge in [-0.15, -0.1) is 0 Å². The Hall–Kier alpha value is -2.89. The van der Waals surface area contributed by atoms with E-state index in [1.807, 2.05) is 6.07 Å². The van der Waals surface area contributed by atoms with Crippen molar-refractivity contribution in [2.24, 2.45) is 0 Å². The third-order valence-corrected chi connectivity index (χ3v) is 6.68. The molecule has 3 rings (SSSR count). The predicted molar refractivity (Wildman–Crippen MR) is 109 cm³/mol. The summed E-state index contributed by atoms with van der Waals surface area (Å²) in [7, 11) is -3.57. The summed E-state index contributed by atoms with van der Waals surface area (Å²) < 4.78 is 32.7. The van der Waals surface area contributed by atoms with Gasteiger partial charge in [-0.3, -0.25) is 4.79 Å². The van der Waals surface area contributed by atoms with Crippen molar-refractivity contribution in [2.75, 3.05) is 25.0 Å². The molecule has 0 atom stereocenters. The molecule has 0 aliphatic carbocycles. The van der Waals surface area contributed by atoms with Crippen LogP contribution in [-0.4, -0.2) is 38.3 Å². The average molecular weight is 413 g/mol. The second-order valence-electron chi connectivity index (χ2n) is 6.91. The molecule has 0 aromatic heterocycles. The summed E-state index contributed by atoms with van der Waals surface area (Å²) in [6.45, 7) is 2.62. The minimum absolute atomic E-state index is 0.174. The number of nitrogens with one attached hydrogen (secondary N) is 1. The number of amides is 1. The van der Waals surface area contributed by atoms with E-state index in [1.165, 1.54) is 10.4 Å². The molecule has 0 radical (unpaired) electrons. The molecule has 1 fully saturated rings. The molecule has 1 aliphatic heterocycles. The van der Waals surface area contributed by atoms with Crippen LogP contribution in [0.1, 0.15) is 30.4 Å². The molecular weight excluding hydrogens is 390 g/mol. The zero-order valence-electron chi connectivity index (χ0n) is 16.2. The third kappa shape index (κ3) is 5.13. The quantitative estimate of drug-likeness (QED) is 0.785. The first-order chi connectivity index (χ1) is 13.9. The summed E-state index contributed by atoms with van der Waals surface area (Å²) in [4.78, 5) is 12.4. The number of sulfonamides is 1. The number of aryl methyl sites for hydroxylation is 1. The number of carbonyl (C=O) groups excluding carboxylic acids is 1.